The molecule has 88 valence electrons. The van der Waals surface area contributed by atoms with Gasteiger partial charge in [0.2, 0.25) is 0 Å². The molecule has 0 aromatic heterocycles. The largest absolute Gasteiger partial charge is 0.382 e. The van der Waals surface area contributed by atoms with Gasteiger partial charge < -0.3 is 5.32 Å². The molecule has 1 unspecified atom stereocenters. The van der Waals surface area contributed by atoms with Gasteiger partial charge in [-0.1, -0.05) is 0 Å². The first-order chi connectivity index (χ1) is 8.11. The van der Waals surface area contributed by atoms with E-state index >= 15 is 0 Å². The zero-order valence-corrected chi connectivity index (χ0v) is 9.51. The van der Waals surface area contributed by atoms with Crippen LogP contribution in [0.1, 0.15) is 25.3 Å². The van der Waals surface area contributed by atoms with Crippen molar-refractivity contribution in [1.29, 1.82) is 5.26 Å². The number of nitrogens with one attached hydrogen (secondary N) is 1. The molecule has 0 spiro atoms. The van der Waals surface area contributed by atoms with E-state index in [1.54, 1.807) is 6.07 Å². The summed E-state index contributed by atoms with van der Waals surface area (Å²) in [7, 11) is 0. The van der Waals surface area contributed by atoms with Crippen molar-refractivity contribution in [2.75, 3.05) is 5.32 Å². The van der Waals surface area contributed by atoms with Gasteiger partial charge in [0.1, 0.15) is 11.6 Å². The minimum atomic E-state index is -0.535. The van der Waals surface area contributed by atoms with Gasteiger partial charge in [-0.3, -0.25) is 10.1 Å². The number of nitro benzene ring substituents is 1. The Kier molecular flexibility index (Phi) is 2.96. The second-order valence-corrected chi connectivity index (χ2v) is 4.37. The minimum absolute atomic E-state index is 0.1000. The minimum Gasteiger partial charge on any atom is -0.382 e. The van der Waals surface area contributed by atoms with Gasteiger partial charge in [-0.15, -0.1) is 0 Å². The number of benzene rings is 1. The molecular weight excluding hydrogens is 218 g/mol. The SMILES string of the molecule is CC(Nc1ccc([N+](=O)[O-])c(C#N)c1)C1CC1. The van der Waals surface area contributed by atoms with Crippen molar-refractivity contribution in [3.05, 3.63) is 33.9 Å². The van der Waals surface area contributed by atoms with Crippen LogP contribution in [-0.4, -0.2) is 11.0 Å². The molecule has 1 fully saturated rings. The van der Waals surface area contributed by atoms with Gasteiger partial charge in [-0.05, 0) is 37.8 Å². The summed E-state index contributed by atoms with van der Waals surface area (Å²) in [5.41, 5.74) is 0.728. The maximum Gasteiger partial charge on any atom is 0.287 e. The van der Waals surface area contributed by atoms with E-state index < -0.39 is 4.92 Å². The monoisotopic (exact) mass is 231 g/mol. The summed E-state index contributed by atoms with van der Waals surface area (Å²) in [6, 6.07) is 6.77. The van der Waals surface area contributed by atoms with Crippen LogP contribution in [-0.2, 0) is 0 Å². The maximum absolute atomic E-state index is 10.7. The second kappa shape index (κ2) is 4.42. The number of nitrogens with zero attached hydrogens (tertiary/aromatic N) is 2. The molecule has 0 amide bonds. The van der Waals surface area contributed by atoms with Gasteiger partial charge in [0.05, 0.1) is 4.92 Å². The zero-order chi connectivity index (χ0) is 12.4. The van der Waals surface area contributed by atoms with E-state index in [9.17, 15) is 10.1 Å². The number of hydrogen-bond donors (Lipinski definition) is 1. The summed E-state index contributed by atoms with van der Waals surface area (Å²) in [5.74, 6) is 0.690. The molecule has 0 radical (unpaired) electrons. The summed E-state index contributed by atoms with van der Waals surface area (Å²) in [6.07, 6.45) is 2.46. The van der Waals surface area contributed by atoms with Gasteiger partial charge in [0.25, 0.3) is 5.69 Å². The summed E-state index contributed by atoms with van der Waals surface area (Å²) >= 11 is 0. The van der Waals surface area contributed by atoms with Crippen LogP contribution in [0.25, 0.3) is 0 Å². The quantitative estimate of drug-likeness (QED) is 0.638. The van der Waals surface area contributed by atoms with E-state index in [0.717, 1.165) is 5.69 Å². The number of nitriles is 1. The van der Waals surface area contributed by atoms with Gasteiger partial charge in [-0.25, -0.2) is 0 Å². The average molecular weight is 231 g/mol. The third-order valence-corrected chi connectivity index (χ3v) is 3.04. The zero-order valence-electron chi connectivity index (χ0n) is 9.51. The van der Waals surface area contributed by atoms with Gasteiger partial charge >= 0.3 is 0 Å². The molecule has 2 rings (SSSR count). The van der Waals surface area contributed by atoms with Crippen LogP contribution in [0, 0.1) is 27.4 Å². The topological polar surface area (TPSA) is 79.0 Å². The Hall–Kier alpha value is -2.09. The Morgan fingerprint density at radius 2 is 2.29 bits per heavy atom. The molecule has 1 saturated carbocycles. The molecule has 1 atom stereocenters. The van der Waals surface area contributed by atoms with Crippen molar-refractivity contribution >= 4 is 11.4 Å². The summed E-state index contributed by atoms with van der Waals surface area (Å²) in [5, 5.41) is 22.8. The van der Waals surface area contributed by atoms with E-state index in [1.165, 1.54) is 25.0 Å². The molecule has 0 saturated heterocycles. The van der Waals surface area contributed by atoms with Crippen LogP contribution in [0.4, 0.5) is 11.4 Å². The van der Waals surface area contributed by atoms with E-state index in [-0.39, 0.29) is 11.3 Å². The van der Waals surface area contributed by atoms with E-state index in [1.807, 2.05) is 6.07 Å². The summed E-state index contributed by atoms with van der Waals surface area (Å²) in [4.78, 5) is 10.1. The Morgan fingerprint density at radius 1 is 1.59 bits per heavy atom. The van der Waals surface area contributed by atoms with Crippen molar-refractivity contribution in [1.82, 2.24) is 0 Å². The van der Waals surface area contributed by atoms with Crippen LogP contribution in [0.15, 0.2) is 18.2 Å². The van der Waals surface area contributed by atoms with Crippen LogP contribution in [0.3, 0.4) is 0 Å². The lowest BCUT2D eigenvalue weighted by Crippen LogP contribution is -2.17. The van der Waals surface area contributed by atoms with Crippen LogP contribution >= 0.6 is 0 Å². The predicted octanol–water partition coefficient (Wildman–Crippen LogP) is 2.68. The van der Waals surface area contributed by atoms with Crippen LogP contribution in [0.5, 0.6) is 0 Å². The lowest BCUT2D eigenvalue weighted by Gasteiger charge is -2.14. The fraction of sp³-hybridized carbons (Fsp3) is 0.417. The fourth-order valence-corrected chi connectivity index (χ4v) is 1.85. The second-order valence-electron chi connectivity index (χ2n) is 4.37. The first-order valence-electron chi connectivity index (χ1n) is 5.57. The molecule has 1 aliphatic rings. The molecule has 0 heterocycles. The third kappa shape index (κ3) is 2.53. The first-order valence-corrected chi connectivity index (χ1v) is 5.57. The number of nitro groups is 1. The molecule has 1 aromatic carbocycles. The normalized spacial score (nSPS) is 16.0. The predicted molar refractivity (Wildman–Crippen MR) is 63.6 cm³/mol. The van der Waals surface area contributed by atoms with Crippen molar-refractivity contribution in [3.63, 3.8) is 0 Å². The average Bonchev–Trinajstić information content (AvgIpc) is 3.12. The lowest BCUT2D eigenvalue weighted by molar-refractivity contribution is -0.385. The highest BCUT2D eigenvalue weighted by Gasteiger charge is 2.28. The molecule has 1 aliphatic carbocycles. The Bertz CT molecular complexity index is 489. The highest BCUT2D eigenvalue weighted by molar-refractivity contribution is 5.59. The van der Waals surface area contributed by atoms with Crippen molar-refractivity contribution in [3.8, 4) is 6.07 Å². The smallest absolute Gasteiger partial charge is 0.287 e. The molecule has 0 aliphatic heterocycles. The molecule has 5 heteroatoms. The number of rotatable bonds is 4. The van der Waals surface area contributed by atoms with Crippen LogP contribution in [0.2, 0.25) is 0 Å². The molecule has 1 aromatic rings. The van der Waals surface area contributed by atoms with Crippen molar-refractivity contribution in [2.45, 2.75) is 25.8 Å². The molecule has 1 N–H and O–H groups in total. The molecule has 17 heavy (non-hydrogen) atoms. The van der Waals surface area contributed by atoms with E-state index in [0.29, 0.717) is 12.0 Å². The van der Waals surface area contributed by atoms with E-state index in [4.69, 9.17) is 5.26 Å². The van der Waals surface area contributed by atoms with Gasteiger partial charge in [0, 0.05) is 17.8 Å². The fourth-order valence-electron chi connectivity index (χ4n) is 1.85. The molecule has 0 bridgehead atoms. The third-order valence-electron chi connectivity index (χ3n) is 3.04. The van der Waals surface area contributed by atoms with Crippen molar-refractivity contribution < 1.29 is 4.92 Å². The lowest BCUT2D eigenvalue weighted by atomic mass is 10.1. The Labute approximate surface area is 99.2 Å². The molecular formula is C12H13N3O2. The summed E-state index contributed by atoms with van der Waals surface area (Å²) < 4.78 is 0. The van der Waals surface area contributed by atoms with Crippen LogP contribution < -0.4 is 5.32 Å². The molecule has 5 nitrogen and oxygen atoms in total. The number of hydrogen-bond acceptors (Lipinski definition) is 4. The highest BCUT2D eigenvalue weighted by Crippen LogP contribution is 2.34. The maximum atomic E-state index is 10.7. The highest BCUT2D eigenvalue weighted by atomic mass is 16.6. The first kappa shape index (κ1) is 11.4. The Morgan fingerprint density at radius 3 is 2.82 bits per heavy atom. The Balaban J connectivity index is 2.19. The van der Waals surface area contributed by atoms with Gasteiger partial charge in [0.15, 0.2) is 0 Å². The van der Waals surface area contributed by atoms with E-state index in [2.05, 4.69) is 12.2 Å². The number of anilines is 1. The van der Waals surface area contributed by atoms with Gasteiger partial charge in [-0.2, -0.15) is 5.26 Å². The van der Waals surface area contributed by atoms with Crippen molar-refractivity contribution in [2.24, 2.45) is 5.92 Å². The standard InChI is InChI=1S/C12H13N3O2/c1-8(9-2-3-9)14-11-4-5-12(15(16)17)10(6-11)7-13/h4-6,8-9,14H,2-3H2,1H3. The summed E-state index contributed by atoms with van der Waals surface area (Å²) in [6.45, 7) is 2.09.